The summed E-state index contributed by atoms with van der Waals surface area (Å²) in [5.74, 6) is 0.294. The Labute approximate surface area is 119 Å². The van der Waals surface area contributed by atoms with Crippen LogP contribution in [-0.2, 0) is 16.5 Å². The first-order valence-electron chi connectivity index (χ1n) is 6.98. The molecule has 1 aliphatic rings. The first kappa shape index (κ1) is 13.3. The van der Waals surface area contributed by atoms with Gasteiger partial charge in [0.25, 0.3) is 0 Å². The van der Waals surface area contributed by atoms with E-state index in [0.717, 1.165) is 5.56 Å². The van der Waals surface area contributed by atoms with Crippen LogP contribution >= 0.6 is 0 Å². The summed E-state index contributed by atoms with van der Waals surface area (Å²) in [6.07, 6.45) is 1.82. The van der Waals surface area contributed by atoms with Gasteiger partial charge in [0, 0.05) is 17.7 Å². The molecule has 1 saturated heterocycles. The molecule has 2 heterocycles. The molecule has 0 spiro atoms. The van der Waals surface area contributed by atoms with Gasteiger partial charge < -0.3 is 9.47 Å². The molecule has 20 heavy (non-hydrogen) atoms. The van der Waals surface area contributed by atoms with Gasteiger partial charge in [0.15, 0.2) is 18.2 Å². The quantitative estimate of drug-likeness (QED) is 0.783. The average Bonchev–Trinajstić information content (AvgIpc) is 2.49. The SMILES string of the molecule is Cc1ccc(C2OCC(c3cccc[n+]3C)CO2)cc1. The van der Waals surface area contributed by atoms with Crippen molar-refractivity contribution >= 4 is 0 Å². The van der Waals surface area contributed by atoms with Gasteiger partial charge >= 0.3 is 0 Å². The summed E-state index contributed by atoms with van der Waals surface area (Å²) in [6, 6.07) is 14.5. The van der Waals surface area contributed by atoms with E-state index in [1.54, 1.807) is 0 Å². The summed E-state index contributed by atoms with van der Waals surface area (Å²) in [5, 5.41) is 0. The van der Waals surface area contributed by atoms with Gasteiger partial charge in [-0.2, -0.15) is 0 Å². The maximum absolute atomic E-state index is 5.89. The van der Waals surface area contributed by atoms with Crippen molar-refractivity contribution in [2.24, 2.45) is 7.05 Å². The zero-order valence-corrected chi connectivity index (χ0v) is 12.0. The molecule has 1 aromatic heterocycles. The van der Waals surface area contributed by atoms with Crippen molar-refractivity contribution in [2.45, 2.75) is 19.1 Å². The Morgan fingerprint density at radius 2 is 1.70 bits per heavy atom. The molecule has 0 saturated carbocycles. The highest BCUT2D eigenvalue weighted by Crippen LogP contribution is 2.28. The molecule has 2 aromatic rings. The predicted molar refractivity (Wildman–Crippen MR) is 76.2 cm³/mol. The third-order valence-electron chi connectivity index (χ3n) is 3.76. The molecular weight excluding hydrogens is 250 g/mol. The molecule has 1 fully saturated rings. The molecule has 3 heteroatoms. The van der Waals surface area contributed by atoms with E-state index in [-0.39, 0.29) is 6.29 Å². The largest absolute Gasteiger partial charge is 0.347 e. The van der Waals surface area contributed by atoms with Crippen molar-refractivity contribution in [3.63, 3.8) is 0 Å². The number of pyridine rings is 1. The lowest BCUT2D eigenvalue weighted by molar-refractivity contribution is -0.681. The van der Waals surface area contributed by atoms with E-state index in [2.05, 4.69) is 61.1 Å². The molecule has 1 aromatic carbocycles. The lowest BCUT2D eigenvalue weighted by Crippen LogP contribution is -2.38. The van der Waals surface area contributed by atoms with Gasteiger partial charge in [-0.25, -0.2) is 4.57 Å². The predicted octanol–water partition coefficient (Wildman–Crippen LogP) is 2.65. The van der Waals surface area contributed by atoms with Crippen LogP contribution in [0.25, 0.3) is 0 Å². The third kappa shape index (κ3) is 2.74. The van der Waals surface area contributed by atoms with Crippen molar-refractivity contribution in [3.8, 4) is 0 Å². The Kier molecular flexibility index (Phi) is 3.81. The highest BCUT2D eigenvalue weighted by atomic mass is 16.7. The van der Waals surface area contributed by atoms with Crippen LogP contribution in [-0.4, -0.2) is 13.2 Å². The number of hydrogen-bond donors (Lipinski definition) is 0. The summed E-state index contributed by atoms with van der Waals surface area (Å²) in [5.41, 5.74) is 3.58. The van der Waals surface area contributed by atoms with Gasteiger partial charge in [0.2, 0.25) is 0 Å². The van der Waals surface area contributed by atoms with Gasteiger partial charge in [-0.05, 0) is 6.92 Å². The monoisotopic (exact) mass is 270 g/mol. The Hall–Kier alpha value is -1.71. The van der Waals surface area contributed by atoms with Crippen LogP contribution in [0.3, 0.4) is 0 Å². The van der Waals surface area contributed by atoms with Crippen LogP contribution in [0.1, 0.15) is 29.0 Å². The van der Waals surface area contributed by atoms with Gasteiger partial charge in [0.05, 0.1) is 19.1 Å². The highest BCUT2D eigenvalue weighted by Gasteiger charge is 2.28. The summed E-state index contributed by atoms with van der Waals surface area (Å²) < 4.78 is 13.9. The lowest BCUT2D eigenvalue weighted by atomic mass is 10.1. The normalized spacial score (nSPS) is 22.7. The lowest BCUT2D eigenvalue weighted by Gasteiger charge is -2.28. The van der Waals surface area contributed by atoms with Crippen molar-refractivity contribution in [1.82, 2.24) is 0 Å². The number of aryl methyl sites for hydroxylation is 2. The Morgan fingerprint density at radius 3 is 2.35 bits per heavy atom. The van der Waals surface area contributed by atoms with E-state index >= 15 is 0 Å². The van der Waals surface area contributed by atoms with Crippen molar-refractivity contribution in [3.05, 3.63) is 65.5 Å². The zero-order valence-electron chi connectivity index (χ0n) is 12.0. The third-order valence-corrected chi connectivity index (χ3v) is 3.76. The van der Waals surface area contributed by atoms with Gasteiger partial charge in [-0.1, -0.05) is 35.9 Å². The van der Waals surface area contributed by atoms with Crippen molar-refractivity contribution in [2.75, 3.05) is 13.2 Å². The smallest absolute Gasteiger partial charge is 0.188 e. The molecule has 104 valence electrons. The molecule has 0 atom stereocenters. The van der Waals surface area contributed by atoms with Gasteiger partial charge in [-0.3, -0.25) is 0 Å². The molecule has 0 bridgehead atoms. The standard InChI is InChI=1S/C17H20NO2/c1-13-6-8-14(9-7-13)17-19-11-15(12-20-17)16-5-3-4-10-18(16)2/h3-10,15,17H,11-12H2,1-2H3/q+1. The minimum absolute atomic E-state index is 0.235. The molecule has 0 aliphatic carbocycles. The number of ether oxygens (including phenoxy) is 2. The summed E-state index contributed by atoms with van der Waals surface area (Å²) in [4.78, 5) is 0. The van der Waals surface area contributed by atoms with Crippen LogP contribution in [0.4, 0.5) is 0 Å². The Balaban J connectivity index is 1.68. The van der Waals surface area contributed by atoms with Gasteiger partial charge in [-0.15, -0.1) is 0 Å². The average molecular weight is 270 g/mol. The van der Waals surface area contributed by atoms with Crippen LogP contribution in [0.5, 0.6) is 0 Å². The van der Waals surface area contributed by atoms with Crippen LogP contribution < -0.4 is 4.57 Å². The van der Waals surface area contributed by atoms with E-state index in [1.807, 2.05) is 6.07 Å². The van der Waals surface area contributed by atoms with E-state index in [1.165, 1.54) is 11.3 Å². The number of rotatable bonds is 2. The maximum atomic E-state index is 5.89. The minimum atomic E-state index is -0.235. The van der Waals surface area contributed by atoms with E-state index < -0.39 is 0 Å². The molecule has 1 aliphatic heterocycles. The van der Waals surface area contributed by atoms with Crippen LogP contribution in [0.15, 0.2) is 48.7 Å². The molecule has 3 nitrogen and oxygen atoms in total. The number of nitrogens with zero attached hydrogens (tertiary/aromatic N) is 1. The summed E-state index contributed by atoms with van der Waals surface area (Å²) >= 11 is 0. The van der Waals surface area contributed by atoms with Crippen LogP contribution in [0, 0.1) is 6.92 Å². The summed E-state index contributed by atoms with van der Waals surface area (Å²) in [7, 11) is 2.06. The number of benzene rings is 1. The second-order valence-corrected chi connectivity index (χ2v) is 5.34. The van der Waals surface area contributed by atoms with E-state index in [9.17, 15) is 0 Å². The fourth-order valence-electron chi connectivity index (χ4n) is 2.55. The second-order valence-electron chi connectivity index (χ2n) is 5.34. The number of aromatic nitrogens is 1. The number of hydrogen-bond acceptors (Lipinski definition) is 2. The Bertz CT molecular complexity index is 572. The van der Waals surface area contributed by atoms with Crippen molar-refractivity contribution in [1.29, 1.82) is 0 Å². The molecule has 3 rings (SSSR count). The first-order valence-corrected chi connectivity index (χ1v) is 6.98. The minimum Gasteiger partial charge on any atom is -0.347 e. The molecule has 0 unspecified atom stereocenters. The van der Waals surface area contributed by atoms with Crippen LogP contribution in [0.2, 0.25) is 0 Å². The molecular formula is C17H20NO2+. The van der Waals surface area contributed by atoms with Gasteiger partial charge in [0.1, 0.15) is 7.05 Å². The van der Waals surface area contributed by atoms with E-state index in [4.69, 9.17) is 9.47 Å². The zero-order chi connectivity index (χ0) is 13.9. The molecule has 0 radical (unpaired) electrons. The summed E-state index contributed by atoms with van der Waals surface area (Å²) in [6.45, 7) is 3.46. The maximum Gasteiger partial charge on any atom is 0.188 e. The molecule has 0 N–H and O–H groups in total. The topological polar surface area (TPSA) is 22.3 Å². The Morgan fingerprint density at radius 1 is 1.00 bits per heavy atom. The molecule has 0 amide bonds. The fraction of sp³-hybridized carbons (Fsp3) is 0.353. The fourth-order valence-corrected chi connectivity index (χ4v) is 2.55. The first-order chi connectivity index (χ1) is 9.74. The second kappa shape index (κ2) is 5.73. The van der Waals surface area contributed by atoms with E-state index in [0.29, 0.717) is 19.1 Å². The van der Waals surface area contributed by atoms with Crippen molar-refractivity contribution < 1.29 is 14.0 Å². The highest BCUT2D eigenvalue weighted by molar-refractivity contribution is 5.22.